The number of fused-ring (bicyclic) bond motifs is 3. The van der Waals surface area contributed by atoms with Crippen molar-refractivity contribution < 1.29 is 14.4 Å². The third-order valence-electron chi connectivity index (χ3n) is 6.29. The van der Waals surface area contributed by atoms with Crippen molar-refractivity contribution in [2.75, 3.05) is 13.1 Å². The molecule has 2 aromatic carbocycles. The highest BCUT2D eigenvalue weighted by Crippen LogP contribution is 2.32. The highest BCUT2D eigenvalue weighted by atomic mass is 16.2. The van der Waals surface area contributed by atoms with Gasteiger partial charge in [0.2, 0.25) is 11.8 Å². The Morgan fingerprint density at radius 3 is 2.53 bits per heavy atom. The predicted octanol–water partition coefficient (Wildman–Crippen LogP) is 2.62. The second-order valence-electron chi connectivity index (χ2n) is 8.38. The van der Waals surface area contributed by atoms with Crippen molar-refractivity contribution in [3.8, 4) is 0 Å². The zero-order valence-electron chi connectivity index (χ0n) is 18.6. The number of aryl methyl sites for hydroxylation is 1. The lowest BCUT2D eigenvalue weighted by Gasteiger charge is -2.43. The van der Waals surface area contributed by atoms with Crippen molar-refractivity contribution >= 4 is 28.6 Å². The van der Waals surface area contributed by atoms with Gasteiger partial charge in [0.25, 0.3) is 5.91 Å². The van der Waals surface area contributed by atoms with Gasteiger partial charge in [-0.1, -0.05) is 42.5 Å². The monoisotopic (exact) mass is 432 g/mol. The van der Waals surface area contributed by atoms with E-state index in [1.807, 2.05) is 73.0 Å². The summed E-state index contributed by atoms with van der Waals surface area (Å²) in [5.74, 6) is -0.804. The van der Waals surface area contributed by atoms with Gasteiger partial charge < -0.3 is 20.1 Å². The Morgan fingerprint density at radius 1 is 1.06 bits per heavy atom. The van der Waals surface area contributed by atoms with Crippen LogP contribution in [0.25, 0.3) is 10.9 Å². The van der Waals surface area contributed by atoms with Gasteiger partial charge in [-0.2, -0.15) is 0 Å². The van der Waals surface area contributed by atoms with Gasteiger partial charge in [-0.3, -0.25) is 14.4 Å². The van der Waals surface area contributed by atoms with Crippen LogP contribution in [0.1, 0.15) is 35.5 Å². The molecule has 1 unspecified atom stereocenters. The fourth-order valence-corrected chi connectivity index (χ4v) is 4.42. The van der Waals surface area contributed by atoms with E-state index in [2.05, 4.69) is 10.6 Å². The molecule has 3 amide bonds. The fourth-order valence-electron chi connectivity index (χ4n) is 4.42. The Kier molecular flexibility index (Phi) is 5.74. The van der Waals surface area contributed by atoms with E-state index in [9.17, 15) is 14.4 Å². The molecule has 7 heteroatoms. The van der Waals surface area contributed by atoms with Crippen molar-refractivity contribution in [1.29, 1.82) is 0 Å². The maximum Gasteiger partial charge on any atom is 0.271 e. The van der Waals surface area contributed by atoms with Crippen molar-refractivity contribution in [1.82, 2.24) is 20.1 Å². The lowest BCUT2D eigenvalue weighted by molar-refractivity contribution is -0.134. The highest BCUT2D eigenvalue weighted by molar-refractivity contribution is 6.04. The van der Waals surface area contributed by atoms with Crippen molar-refractivity contribution in [3.05, 3.63) is 71.4 Å². The Balaban J connectivity index is 1.48. The molecule has 0 saturated heterocycles. The molecule has 0 bridgehead atoms. The summed E-state index contributed by atoms with van der Waals surface area (Å²) in [6.07, 6.45) is 0. The van der Waals surface area contributed by atoms with E-state index >= 15 is 0 Å². The molecule has 1 aromatic heterocycles. The van der Waals surface area contributed by atoms with E-state index in [1.165, 1.54) is 0 Å². The normalized spacial score (nSPS) is 17.8. The number of hydrogen-bond acceptors (Lipinski definition) is 3. The summed E-state index contributed by atoms with van der Waals surface area (Å²) in [5, 5.41) is 6.55. The van der Waals surface area contributed by atoms with E-state index in [4.69, 9.17) is 0 Å². The summed E-state index contributed by atoms with van der Waals surface area (Å²) in [7, 11) is 0. The van der Waals surface area contributed by atoms with E-state index < -0.39 is 5.54 Å². The molecule has 7 nitrogen and oxygen atoms in total. The van der Waals surface area contributed by atoms with Crippen LogP contribution < -0.4 is 10.6 Å². The van der Waals surface area contributed by atoms with Gasteiger partial charge in [-0.05, 0) is 44.0 Å². The van der Waals surface area contributed by atoms with Crippen LogP contribution in [0.3, 0.4) is 0 Å². The number of rotatable bonds is 6. The fraction of sp³-hybridized carbons (Fsp3) is 0.320. The summed E-state index contributed by atoms with van der Waals surface area (Å²) in [6.45, 7) is 6.57. The SMILES string of the molecule is CCN1C(=O)c2cc3ccccc3n2CC1(C)C(=O)NCC(=O)NCc1ccccc1C. The lowest BCUT2D eigenvalue weighted by Crippen LogP contribution is -2.64. The van der Waals surface area contributed by atoms with Gasteiger partial charge in [0.1, 0.15) is 11.2 Å². The van der Waals surface area contributed by atoms with Gasteiger partial charge in [0.05, 0.1) is 13.1 Å². The summed E-state index contributed by atoms with van der Waals surface area (Å²) >= 11 is 0. The number of para-hydroxylation sites is 1. The zero-order chi connectivity index (χ0) is 22.9. The molecule has 1 atom stereocenters. The van der Waals surface area contributed by atoms with Crippen molar-refractivity contribution in [2.24, 2.45) is 0 Å². The first-order chi connectivity index (χ1) is 15.3. The zero-order valence-corrected chi connectivity index (χ0v) is 18.6. The molecular formula is C25H28N4O3. The maximum absolute atomic E-state index is 13.2. The van der Waals surface area contributed by atoms with Crippen LogP contribution in [0, 0.1) is 6.92 Å². The topological polar surface area (TPSA) is 83.4 Å². The largest absolute Gasteiger partial charge is 0.350 e. The van der Waals surface area contributed by atoms with Crippen LogP contribution in [0.4, 0.5) is 0 Å². The van der Waals surface area contributed by atoms with Gasteiger partial charge >= 0.3 is 0 Å². The Hall–Kier alpha value is -3.61. The van der Waals surface area contributed by atoms with Crippen LogP contribution in [0.15, 0.2) is 54.6 Å². The maximum atomic E-state index is 13.2. The molecule has 32 heavy (non-hydrogen) atoms. The lowest BCUT2D eigenvalue weighted by atomic mass is 9.94. The van der Waals surface area contributed by atoms with Gasteiger partial charge in [0, 0.05) is 24.0 Å². The number of amides is 3. The summed E-state index contributed by atoms with van der Waals surface area (Å²) in [5.41, 5.74) is 2.52. The molecule has 0 aliphatic carbocycles. The minimum absolute atomic E-state index is 0.147. The van der Waals surface area contributed by atoms with Crippen molar-refractivity contribution in [2.45, 2.75) is 39.4 Å². The van der Waals surface area contributed by atoms with Gasteiger partial charge in [-0.25, -0.2) is 0 Å². The minimum Gasteiger partial charge on any atom is -0.350 e. The first kappa shape index (κ1) is 21.6. The molecular weight excluding hydrogens is 404 g/mol. The Morgan fingerprint density at radius 2 is 1.78 bits per heavy atom. The van der Waals surface area contributed by atoms with Crippen molar-refractivity contribution in [3.63, 3.8) is 0 Å². The van der Waals surface area contributed by atoms with E-state index in [-0.39, 0.29) is 24.3 Å². The molecule has 2 N–H and O–H groups in total. The quantitative estimate of drug-likeness (QED) is 0.628. The average Bonchev–Trinajstić information content (AvgIpc) is 3.15. The number of aromatic nitrogens is 1. The van der Waals surface area contributed by atoms with E-state index in [0.29, 0.717) is 25.3 Å². The minimum atomic E-state index is -1.10. The second-order valence-corrected chi connectivity index (χ2v) is 8.38. The Labute approximate surface area is 187 Å². The second kappa shape index (κ2) is 8.49. The molecule has 0 saturated carbocycles. The smallest absolute Gasteiger partial charge is 0.271 e. The van der Waals surface area contributed by atoms with Crippen LogP contribution >= 0.6 is 0 Å². The van der Waals surface area contributed by atoms with Gasteiger partial charge in [-0.15, -0.1) is 0 Å². The van der Waals surface area contributed by atoms with Crippen LogP contribution in [0.5, 0.6) is 0 Å². The van der Waals surface area contributed by atoms with E-state index in [0.717, 1.165) is 22.0 Å². The molecule has 1 aliphatic rings. The number of likely N-dealkylation sites (N-methyl/N-ethyl adjacent to an activating group) is 1. The molecule has 1 aliphatic heterocycles. The summed E-state index contributed by atoms with van der Waals surface area (Å²) < 4.78 is 1.90. The third kappa shape index (κ3) is 3.75. The molecule has 0 radical (unpaired) electrons. The number of carbonyl (C=O) groups excluding carboxylic acids is 3. The molecule has 4 rings (SSSR count). The highest BCUT2D eigenvalue weighted by Gasteiger charge is 2.46. The molecule has 3 aromatic rings. The predicted molar refractivity (Wildman–Crippen MR) is 123 cm³/mol. The van der Waals surface area contributed by atoms with Crippen LogP contribution in [-0.2, 0) is 22.7 Å². The molecule has 0 fully saturated rings. The molecule has 2 heterocycles. The Bertz CT molecular complexity index is 1200. The summed E-state index contributed by atoms with van der Waals surface area (Å²) in [4.78, 5) is 40.4. The number of carbonyl (C=O) groups is 3. The molecule has 0 spiro atoms. The number of hydrogen-bond donors (Lipinski definition) is 2. The first-order valence-electron chi connectivity index (χ1n) is 10.8. The third-order valence-corrected chi connectivity index (χ3v) is 6.29. The number of nitrogens with one attached hydrogen (secondary N) is 2. The summed E-state index contributed by atoms with van der Waals surface area (Å²) in [6, 6.07) is 17.5. The van der Waals surface area contributed by atoms with Gasteiger partial charge in [0.15, 0.2) is 0 Å². The van der Waals surface area contributed by atoms with Crippen LogP contribution in [-0.4, -0.2) is 45.8 Å². The molecule has 166 valence electrons. The van der Waals surface area contributed by atoms with E-state index in [1.54, 1.807) is 11.8 Å². The number of benzene rings is 2. The van der Waals surface area contributed by atoms with Crippen LogP contribution in [0.2, 0.25) is 0 Å². The first-order valence-corrected chi connectivity index (χ1v) is 10.8. The average molecular weight is 433 g/mol. The standard InChI is InChI=1S/C25H28N4O3/c1-4-29-23(31)21-13-18-10-7-8-12-20(18)28(21)16-25(29,3)24(32)27-15-22(30)26-14-19-11-6-5-9-17(19)2/h5-13H,4,14-16H2,1-3H3,(H,26,30)(H,27,32). The number of nitrogens with zero attached hydrogens (tertiary/aromatic N) is 2.